The second-order valence-electron chi connectivity index (χ2n) is 8.36. The van der Waals surface area contributed by atoms with Gasteiger partial charge >= 0.3 is 5.92 Å². The highest BCUT2D eigenvalue weighted by Gasteiger charge is 2.35. The number of fused-ring (bicyclic) bond motifs is 1. The van der Waals surface area contributed by atoms with E-state index in [1.807, 2.05) is 37.3 Å². The van der Waals surface area contributed by atoms with E-state index in [9.17, 15) is 18.0 Å². The van der Waals surface area contributed by atoms with Gasteiger partial charge in [0, 0.05) is 12.3 Å². The number of benzene rings is 3. The Kier molecular flexibility index (Phi) is 6.32. The van der Waals surface area contributed by atoms with Gasteiger partial charge in [0.1, 0.15) is 17.7 Å². The van der Waals surface area contributed by atoms with Crippen molar-refractivity contribution < 1.29 is 22.7 Å². The highest BCUT2D eigenvalue weighted by molar-refractivity contribution is 5.83. The zero-order valence-electron chi connectivity index (χ0n) is 18.9. The maximum absolute atomic E-state index is 13.5. The van der Waals surface area contributed by atoms with Crippen LogP contribution < -0.4 is 10.1 Å². The minimum Gasteiger partial charge on any atom is -0.484 e. The number of nitrogens with zero attached hydrogens (tertiary/aromatic N) is 2. The molecule has 4 aromatic rings. The monoisotopic (exact) mass is 467 g/mol. The summed E-state index contributed by atoms with van der Waals surface area (Å²) in [6.07, 6.45) is 0.951. The van der Waals surface area contributed by atoms with E-state index in [4.69, 9.17) is 4.74 Å². The quantitative estimate of drug-likeness (QED) is 0.376. The van der Waals surface area contributed by atoms with E-state index in [1.54, 1.807) is 42.1 Å². The molecule has 1 heterocycles. The van der Waals surface area contributed by atoms with Crippen LogP contribution in [0.15, 0.2) is 72.9 Å². The smallest absolute Gasteiger partial charge is 0.321 e. The van der Waals surface area contributed by atoms with Crippen molar-refractivity contribution in [3.8, 4) is 11.4 Å². The van der Waals surface area contributed by atoms with Gasteiger partial charge in [-0.25, -0.2) is 9.07 Å². The number of hydrogen-bond acceptors (Lipinski definition) is 3. The molecule has 0 aliphatic heterocycles. The number of aryl methyl sites for hydroxylation is 1. The lowest BCUT2D eigenvalue weighted by Gasteiger charge is -2.27. The van der Waals surface area contributed by atoms with Gasteiger partial charge in [-0.1, -0.05) is 29.8 Å². The van der Waals surface area contributed by atoms with Crippen LogP contribution in [0.5, 0.6) is 5.75 Å². The number of halogens is 3. The molecule has 1 aromatic heterocycles. The Morgan fingerprint density at radius 1 is 1.09 bits per heavy atom. The Bertz CT molecular complexity index is 1310. The third-order valence-electron chi connectivity index (χ3n) is 5.46. The van der Waals surface area contributed by atoms with E-state index >= 15 is 0 Å². The van der Waals surface area contributed by atoms with Crippen LogP contribution in [-0.2, 0) is 4.79 Å². The Balaban J connectivity index is 1.64. The third kappa shape index (κ3) is 5.06. The summed E-state index contributed by atoms with van der Waals surface area (Å²) in [6, 6.07) is 18.1. The maximum Gasteiger partial charge on any atom is 0.321 e. The van der Waals surface area contributed by atoms with Crippen molar-refractivity contribution in [1.29, 1.82) is 0 Å². The van der Waals surface area contributed by atoms with E-state index in [0.29, 0.717) is 18.4 Å². The van der Waals surface area contributed by atoms with Crippen LogP contribution in [0, 0.1) is 12.7 Å². The molecule has 8 heteroatoms. The van der Waals surface area contributed by atoms with Crippen molar-refractivity contribution in [2.75, 3.05) is 0 Å². The largest absolute Gasteiger partial charge is 0.484 e. The van der Waals surface area contributed by atoms with Crippen molar-refractivity contribution in [2.24, 2.45) is 0 Å². The molecule has 5 nitrogen and oxygen atoms in total. The molecule has 4 rings (SSSR count). The molecule has 0 fully saturated rings. The van der Waals surface area contributed by atoms with Crippen LogP contribution in [0.4, 0.5) is 13.2 Å². The van der Waals surface area contributed by atoms with Crippen LogP contribution >= 0.6 is 0 Å². The lowest BCUT2D eigenvalue weighted by molar-refractivity contribution is -0.144. The number of aromatic nitrogens is 2. The Morgan fingerprint density at radius 2 is 1.82 bits per heavy atom. The lowest BCUT2D eigenvalue weighted by Crippen LogP contribution is -2.46. The fourth-order valence-electron chi connectivity index (χ4n) is 3.73. The zero-order chi connectivity index (χ0) is 24.5. The molecule has 0 saturated heterocycles. The number of nitrogens with one attached hydrogen (secondary N) is 1. The topological polar surface area (TPSA) is 56.1 Å². The zero-order valence-corrected chi connectivity index (χ0v) is 18.9. The molecular formula is C26H24F3N3O2. The number of alkyl halides is 2. The number of ether oxygens (including phenoxy) is 1. The average Bonchev–Trinajstić information content (AvgIpc) is 3.20. The number of rotatable bonds is 7. The molecule has 0 spiro atoms. The van der Waals surface area contributed by atoms with Gasteiger partial charge in [0.2, 0.25) is 0 Å². The molecule has 1 N–H and O–H groups in total. The highest BCUT2D eigenvalue weighted by Crippen LogP contribution is 2.30. The summed E-state index contributed by atoms with van der Waals surface area (Å²) in [7, 11) is 0. The first-order valence-corrected chi connectivity index (χ1v) is 10.8. The van der Waals surface area contributed by atoms with E-state index in [2.05, 4.69) is 10.4 Å². The van der Waals surface area contributed by atoms with Gasteiger partial charge in [-0.05, 0) is 61.9 Å². The molecule has 0 saturated carbocycles. The summed E-state index contributed by atoms with van der Waals surface area (Å²) >= 11 is 0. The van der Waals surface area contributed by atoms with E-state index in [1.165, 1.54) is 12.1 Å². The van der Waals surface area contributed by atoms with Gasteiger partial charge in [-0.2, -0.15) is 13.9 Å². The molecular weight excluding hydrogens is 443 g/mol. The molecule has 0 unspecified atom stereocenters. The third-order valence-corrected chi connectivity index (χ3v) is 5.46. The fourth-order valence-corrected chi connectivity index (χ4v) is 3.73. The van der Waals surface area contributed by atoms with Crippen LogP contribution in [0.1, 0.15) is 31.1 Å². The summed E-state index contributed by atoms with van der Waals surface area (Å²) in [4.78, 5) is 11.9. The maximum atomic E-state index is 13.5. The minimum absolute atomic E-state index is 0.333. The summed E-state index contributed by atoms with van der Waals surface area (Å²) in [6.45, 7) is 4.10. The van der Waals surface area contributed by atoms with Gasteiger partial charge in [0.25, 0.3) is 5.91 Å². The van der Waals surface area contributed by atoms with Crippen molar-refractivity contribution in [2.45, 2.75) is 38.8 Å². The van der Waals surface area contributed by atoms with Gasteiger partial charge in [0.15, 0.2) is 0 Å². The van der Waals surface area contributed by atoms with Crippen molar-refractivity contribution >= 4 is 16.8 Å². The van der Waals surface area contributed by atoms with E-state index in [-0.39, 0.29) is 5.82 Å². The van der Waals surface area contributed by atoms with Gasteiger partial charge in [-0.3, -0.25) is 4.79 Å². The van der Waals surface area contributed by atoms with Crippen LogP contribution in [0.25, 0.3) is 16.6 Å². The average molecular weight is 467 g/mol. The minimum atomic E-state index is -3.50. The first-order chi connectivity index (χ1) is 16.1. The summed E-state index contributed by atoms with van der Waals surface area (Å²) in [5, 5.41) is 7.53. The standard InChI is InChI=1S/C26H24F3N3O2/c1-16-5-4-6-18(13-16)24(17(2)31-25(33)26(3,28)29)34-22-11-12-23-19(14-22)15-30-32(23)21-9-7-20(27)8-10-21/h4-15,17,24H,1-3H3,(H,31,33)/t17-,24-/m0/s1. The Labute approximate surface area is 195 Å². The summed E-state index contributed by atoms with van der Waals surface area (Å²) in [5.74, 6) is -4.71. The van der Waals surface area contributed by atoms with Crippen LogP contribution in [-0.4, -0.2) is 27.7 Å². The summed E-state index contributed by atoms with van der Waals surface area (Å²) < 4.78 is 48.2. The Hall–Kier alpha value is -3.81. The number of carbonyl (C=O) groups is 1. The van der Waals surface area contributed by atoms with E-state index < -0.39 is 24.0 Å². The van der Waals surface area contributed by atoms with Crippen molar-refractivity contribution in [3.05, 3.63) is 89.9 Å². The summed E-state index contributed by atoms with van der Waals surface area (Å²) in [5.41, 5.74) is 3.22. The number of amides is 1. The van der Waals surface area contributed by atoms with Gasteiger partial charge < -0.3 is 10.1 Å². The van der Waals surface area contributed by atoms with Gasteiger partial charge in [-0.15, -0.1) is 0 Å². The van der Waals surface area contributed by atoms with Crippen molar-refractivity contribution in [1.82, 2.24) is 15.1 Å². The molecule has 2 atom stereocenters. The van der Waals surface area contributed by atoms with Gasteiger partial charge in [0.05, 0.1) is 23.4 Å². The SMILES string of the molecule is Cc1cccc([C@@H](Oc2ccc3c(cnn3-c3ccc(F)cc3)c2)[C@H](C)NC(=O)C(C)(F)F)c1. The lowest BCUT2D eigenvalue weighted by atomic mass is 10.0. The van der Waals surface area contributed by atoms with Crippen LogP contribution in [0.3, 0.4) is 0 Å². The molecule has 176 valence electrons. The number of carbonyl (C=O) groups excluding carboxylic acids is 1. The first kappa shape index (κ1) is 23.4. The second-order valence-corrected chi connectivity index (χ2v) is 8.36. The number of hydrogen-bond donors (Lipinski definition) is 1. The van der Waals surface area contributed by atoms with Crippen molar-refractivity contribution in [3.63, 3.8) is 0 Å². The molecule has 3 aromatic carbocycles. The molecule has 0 aliphatic carbocycles. The Morgan fingerprint density at radius 3 is 2.50 bits per heavy atom. The molecule has 0 bridgehead atoms. The molecule has 0 radical (unpaired) electrons. The molecule has 34 heavy (non-hydrogen) atoms. The van der Waals surface area contributed by atoms with E-state index in [0.717, 1.165) is 22.0 Å². The normalized spacial score (nSPS) is 13.5. The molecule has 1 amide bonds. The fraction of sp³-hybridized carbons (Fsp3) is 0.231. The predicted molar refractivity (Wildman–Crippen MR) is 124 cm³/mol. The van der Waals surface area contributed by atoms with Crippen LogP contribution in [0.2, 0.25) is 0 Å². The molecule has 0 aliphatic rings. The second kappa shape index (κ2) is 9.21. The highest BCUT2D eigenvalue weighted by atomic mass is 19.3. The first-order valence-electron chi connectivity index (χ1n) is 10.8. The predicted octanol–water partition coefficient (Wildman–Crippen LogP) is 5.75.